The SMILES string of the molecule is Nc1ccc(/C=C/C(=O)Nc2cccc(Cl)n2)cc1. The van der Waals surface area contributed by atoms with Crippen molar-refractivity contribution in [1.82, 2.24) is 4.98 Å². The molecule has 3 N–H and O–H groups in total. The predicted molar refractivity (Wildman–Crippen MR) is 77.8 cm³/mol. The number of hydrogen-bond donors (Lipinski definition) is 2. The molecule has 2 aromatic rings. The van der Waals surface area contributed by atoms with Gasteiger partial charge in [-0.1, -0.05) is 29.8 Å². The van der Waals surface area contributed by atoms with Crippen LogP contribution in [0.3, 0.4) is 0 Å². The number of nitrogens with two attached hydrogens (primary N) is 1. The minimum atomic E-state index is -0.272. The molecule has 1 aromatic carbocycles. The zero-order valence-corrected chi connectivity index (χ0v) is 10.8. The van der Waals surface area contributed by atoms with E-state index in [1.54, 1.807) is 36.4 Å². The van der Waals surface area contributed by atoms with Crippen LogP contribution in [0.5, 0.6) is 0 Å². The van der Waals surface area contributed by atoms with Gasteiger partial charge >= 0.3 is 0 Å². The van der Waals surface area contributed by atoms with Crippen LogP contribution in [-0.2, 0) is 4.79 Å². The lowest BCUT2D eigenvalue weighted by Crippen LogP contribution is -2.08. The van der Waals surface area contributed by atoms with Crippen LogP contribution >= 0.6 is 11.6 Å². The molecular formula is C14H12ClN3O. The van der Waals surface area contributed by atoms with Crippen molar-refractivity contribution >= 4 is 35.1 Å². The molecule has 0 fully saturated rings. The molecule has 0 aliphatic carbocycles. The standard InChI is InChI=1S/C14H12ClN3O/c15-12-2-1-3-13(17-12)18-14(19)9-6-10-4-7-11(16)8-5-10/h1-9H,16H2,(H,17,18,19)/b9-6+. The Morgan fingerprint density at radius 2 is 1.95 bits per heavy atom. The number of nitrogen functional groups attached to an aromatic ring is 1. The van der Waals surface area contributed by atoms with Gasteiger partial charge in [0.25, 0.3) is 0 Å². The van der Waals surface area contributed by atoms with Crippen LogP contribution in [0, 0.1) is 0 Å². The van der Waals surface area contributed by atoms with Crippen molar-refractivity contribution in [3.05, 3.63) is 59.3 Å². The molecule has 1 aromatic heterocycles. The lowest BCUT2D eigenvalue weighted by Gasteiger charge is -2.01. The van der Waals surface area contributed by atoms with Crippen LogP contribution in [-0.4, -0.2) is 10.9 Å². The van der Waals surface area contributed by atoms with Crippen molar-refractivity contribution in [1.29, 1.82) is 0 Å². The van der Waals surface area contributed by atoms with Crippen molar-refractivity contribution in [2.24, 2.45) is 0 Å². The van der Waals surface area contributed by atoms with Crippen molar-refractivity contribution in [3.8, 4) is 0 Å². The summed E-state index contributed by atoms with van der Waals surface area (Å²) in [5.41, 5.74) is 7.15. The lowest BCUT2D eigenvalue weighted by atomic mass is 10.2. The van der Waals surface area contributed by atoms with Crippen LogP contribution in [0.2, 0.25) is 5.15 Å². The van der Waals surface area contributed by atoms with Crippen molar-refractivity contribution < 1.29 is 4.79 Å². The van der Waals surface area contributed by atoms with Gasteiger partial charge in [-0.2, -0.15) is 0 Å². The van der Waals surface area contributed by atoms with Crippen LogP contribution < -0.4 is 11.1 Å². The fourth-order valence-electron chi connectivity index (χ4n) is 1.42. The van der Waals surface area contributed by atoms with Gasteiger partial charge in [-0.3, -0.25) is 4.79 Å². The predicted octanol–water partition coefficient (Wildman–Crippen LogP) is 2.97. The Balaban J connectivity index is 1.99. The fraction of sp³-hybridized carbons (Fsp3) is 0. The molecule has 4 nitrogen and oxygen atoms in total. The summed E-state index contributed by atoms with van der Waals surface area (Å²) in [4.78, 5) is 15.6. The molecule has 0 unspecified atom stereocenters. The average molecular weight is 274 g/mol. The van der Waals surface area contributed by atoms with Crippen molar-refractivity contribution in [2.45, 2.75) is 0 Å². The van der Waals surface area contributed by atoms with E-state index in [-0.39, 0.29) is 5.91 Å². The quantitative estimate of drug-likeness (QED) is 0.513. The van der Waals surface area contributed by atoms with E-state index in [0.717, 1.165) is 5.56 Å². The third kappa shape index (κ3) is 4.12. The average Bonchev–Trinajstić information content (AvgIpc) is 2.38. The van der Waals surface area contributed by atoms with Gasteiger partial charge in [-0.25, -0.2) is 4.98 Å². The van der Waals surface area contributed by atoms with Crippen LogP contribution in [0.15, 0.2) is 48.5 Å². The van der Waals surface area contributed by atoms with E-state index >= 15 is 0 Å². The van der Waals surface area contributed by atoms with E-state index in [1.807, 2.05) is 12.1 Å². The van der Waals surface area contributed by atoms with E-state index in [4.69, 9.17) is 17.3 Å². The topological polar surface area (TPSA) is 68.0 Å². The molecule has 96 valence electrons. The van der Waals surface area contributed by atoms with Crippen molar-refractivity contribution in [2.75, 3.05) is 11.1 Å². The Kier molecular flexibility index (Phi) is 4.15. The number of anilines is 2. The maximum atomic E-state index is 11.7. The molecule has 0 aliphatic rings. The van der Waals surface area contributed by atoms with Gasteiger partial charge in [-0.05, 0) is 35.9 Å². The van der Waals surface area contributed by atoms with Gasteiger partial charge in [-0.15, -0.1) is 0 Å². The third-order valence-corrected chi connectivity index (χ3v) is 2.54. The number of rotatable bonds is 3. The highest BCUT2D eigenvalue weighted by Crippen LogP contribution is 2.10. The summed E-state index contributed by atoms with van der Waals surface area (Å²) in [7, 11) is 0. The fourth-order valence-corrected chi connectivity index (χ4v) is 1.59. The highest BCUT2D eigenvalue weighted by Gasteiger charge is 1.99. The summed E-state index contributed by atoms with van der Waals surface area (Å²) in [5, 5.41) is 2.95. The number of amides is 1. The normalized spacial score (nSPS) is 10.6. The molecule has 2 rings (SSSR count). The molecule has 0 aliphatic heterocycles. The number of carbonyl (C=O) groups is 1. The van der Waals surface area contributed by atoms with E-state index < -0.39 is 0 Å². The summed E-state index contributed by atoms with van der Waals surface area (Å²) >= 11 is 5.72. The first-order valence-corrected chi connectivity index (χ1v) is 5.98. The van der Waals surface area contributed by atoms with Gasteiger partial charge in [0.2, 0.25) is 5.91 Å². The summed E-state index contributed by atoms with van der Waals surface area (Å²) in [6.07, 6.45) is 3.12. The first-order chi connectivity index (χ1) is 9.13. The summed E-state index contributed by atoms with van der Waals surface area (Å²) in [5.74, 6) is 0.144. The third-order valence-electron chi connectivity index (χ3n) is 2.33. The number of carbonyl (C=O) groups excluding carboxylic acids is 1. The van der Waals surface area contributed by atoms with Gasteiger partial charge in [0.15, 0.2) is 0 Å². The number of halogens is 1. The number of hydrogen-bond acceptors (Lipinski definition) is 3. The summed E-state index contributed by atoms with van der Waals surface area (Å²) < 4.78 is 0. The van der Waals surface area contributed by atoms with Crippen LogP contribution in [0.25, 0.3) is 6.08 Å². The maximum absolute atomic E-state index is 11.7. The first kappa shape index (κ1) is 13.1. The molecule has 19 heavy (non-hydrogen) atoms. The molecule has 0 saturated heterocycles. The minimum Gasteiger partial charge on any atom is -0.399 e. The molecule has 0 saturated carbocycles. The molecule has 1 heterocycles. The number of benzene rings is 1. The molecule has 0 radical (unpaired) electrons. The lowest BCUT2D eigenvalue weighted by molar-refractivity contribution is -0.111. The van der Waals surface area contributed by atoms with E-state index in [9.17, 15) is 4.79 Å². The van der Waals surface area contributed by atoms with Crippen LogP contribution in [0.1, 0.15) is 5.56 Å². The Hall–Kier alpha value is -2.33. The Morgan fingerprint density at radius 3 is 2.63 bits per heavy atom. The number of pyridine rings is 1. The second-order valence-corrected chi connectivity index (χ2v) is 4.22. The second kappa shape index (κ2) is 6.02. The smallest absolute Gasteiger partial charge is 0.249 e. The monoisotopic (exact) mass is 273 g/mol. The number of aromatic nitrogens is 1. The molecule has 5 heteroatoms. The second-order valence-electron chi connectivity index (χ2n) is 3.83. The number of nitrogens with zero attached hydrogens (tertiary/aromatic N) is 1. The van der Waals surface area contributed by atoms with Gasteiger partial charge in [0.05, 0.1) is 0 Å². The zero-order valence-electron chi connectivity index (χ0n) is 10.0. The van der Waals surface area contributed by atoms with Gasteiger partial charge < -0.3 is 11.1 Å². The Morgan fingerprint density at radius 1 is 1.21 bits per heavy atom. The van der Waals surface area contributed by atoms with Gasteiger partial charge in [0.1, 0.15) is 11.0 Å². The molecule has 0 atom stereocenters. The van der Waals surface area contributed by atoms with E-state index in [0.29, 0.717) is 16.7 Å². The number of nitrogens with one attached hydrogen (secondary N) is 1. The first-order valence-electron chi connectivity index (χ1n) is 5.61. The van der Waals surface area contributed by atoms with Crippen LogP contribution in [0.4, 0.5) is 11.5 Å². The molecule has 0 spiro atoms. The Labute approximate surface area is 115 Å². The minimum absolute atomic E-state index is 0.272. The van der Waals surface area contributed by atoms with E-state index in [1.165, 1.54) is 6.08 Å². The zero-order chi connectivity index (χ0) is 13.7. The largest absolute Gasteiger partial charge is 0.399 e. The molecular weight excluding hydrogens is 262 g/mol. The Bertz CT molecular complexity index is 608. The molecule has 0 bridgehead atoms. The maximum Gasteiger partial charge on any atom is 0.249 e. The van der Waals surface area contributed by atoms with E-state index in [2.05, 4.69) is 10.3 Å². The molecule has 1 amide bonds. The van der Waals surface area contributed by atoms with Crippen molar-refractivity contribution in [3.63, 3.8) is 0 Å². The summed E-state index contributed by atoms with van der Waals surface area (Å²) in [6, 6.07) is 12.2. The van der Waals surface area contributed by atoms with Gasteiger partial charge in [0, 0.05) is 11.8 Å². The highest BCUT2D eigenvalue weighted by molar-refractivity contribution is 6.29. The highest BCUT2D eigenvalue weighted by atomic mass is 35.5. The summed E-state index contributed by atoms with van der Waals surface area (Å²) in [6.45, 7) is 0.